The smallest absolute Gasteiger partial charge is 0.313 e. The van der Waals surface area contributed by atoms with E-state index in [1.165, 1.54) is 11.4 Å². The highest BCUT2D eigenvalue weighted by Gasteiger charge is 2.16. The zero-order chi connectivity index (χ0) is 16.2. The first-order chi connectivity index (χ1) is 11.1. The van der Waals surface area contributed by atoms with Crippen LogP contribution in [-0.4, -0.2) is 20.4 Å². The number of aromatic nitrogens is 2. The Kier molecular flexibility index (Phi) is 4.15. The average Bonchev–Trinajstić information content (AvgIpc) is 3.18. The summed E-state index contributed by atoms with van der Waals surface area (Å²) in [6.07, 6.45) is 3.35. The third-order valence-corrected chi connectivity index (χ3v) is 4.04. The van der Waals surface area contributed by atoms with E-state index in [1.807, 2.05) is 30.3 Å². The zero-order valence-electron chi connectivity index (χ0n) is 11.9. The Morgan fingerprint density at radius 3 is 2.83 bits per heavy atom. The second kappa shape index (κ2) is 6.41. The van der Waals surface area contributed by atoms with E-state index in [4.69, 9.17) is 0 Å². The number of thiophene rings is 1. The van der Waals surface area contributed by atoms with E-state index in [9.17, 15) is 14.9 Å². The number of carbonyl (C=O) groups is 1. The number of benzene rings is 1. The Hall–Kier alpha value is -3.00. The molecule has 0 fully saturated rings. The van der Waals surface area contributed by atoms with Crippen LogP contribution < -0.4 is 5.32 Å². The Morgan fingerprint density at radius 1 is 1.35 bits per heavy atom. The van der Waals surface area contributed by atoms with E-state index in [0.29, 0.717) is 12.5 Å². The third kappa shape index (κ3) is 3.43. The fourth-order valence-electron chi connectivity index (χ4n) is 2.05. The molecule has 0 spiro atoms. The minimum atomic E-state index is -0.516. The van der Waals surface area contributed by atoms with Gasteiger partial charge in [0.05, 0.1) is 17.0 Å². The minimum absolute atomic E-state index is 0.0669. The van der Waals surface area contributed by atoms with Crippen molar-refractivity contribution in [3.8, 4) is 0 Å². The van der Waals surface area contributed by atoms with Crippen molar-refractivity contribution < 1.29 is 9.72 Å². The van der Waals surface area contributed by atoms with E-state index in [0.717, 1.165) is 16.9 Å². The molecule has 0 aliphatic carbocycles. The Labute approximate surface area is 135 Å². The molecule has 0 atom stereocenters. The van der Waals surface area contributed by atoms with Gasteiger partial charge in [-0.3, -0.25) is 20.2 Å². The van der Waals surface area contributed by atoms with E-state index in [2.05, 4.69) is 10.3 Å². The van der Waals surface area contributed by atoms with Crippen molar-refractivity contribution in [2.75, 3.05) is 5.32 Å². The molecule has 3 rings (SSSR count). The summed E-state index contributed by atoms with van der Waals surface area (Å²) < 4.78 is 1.80. The number of hydrogen-bond acceptors (Lipinski definition) is 5. The number of anilines is 1. The number of imidazole rings is 1. The first kappa shape index (κ1) is 14.9. The summed E-state index contributed by atoms with van der Waals surface area (Å²) in [4.78, 5) is 26.5. The molecule has 0 saturated heterocycles. The molecular formula is C15H12N4O3S. The molecule has 7 nitrogen and oxygen atoms in total. The van der Waals surface area contributed by atoms with E-state index in [-0.39, 0.29) is 10.6 Å². The van der Waals surface area contributed by atoms with Crippen LogP contribution in [0.3, 0.4) is 0 Å². The van der Waals surface area contributed by atoms with Gasteiger partial charge in [0, 0.05) is 23.8 Å². The van der Waals surface area contributed by atoms with E-state index >= 15 is 0 Å². The highest BCUT2D eigenvalue weighted by atomic mass is 32.1. The van der Waals surface area contributed by atoms with Crippen LogP contribution in [0.2, 0.25) is 0 Å². The summed E-state index contributed by atoms with van der Waals surface area (Å²) in [7, 11) is 0. The number of nitrogens with one attached hydrogen (secondary N) is 1. The lowest BCUT2D eigenvalue weighted by atomic mass is 10.2. The van der Waals surface area contributed by atoms with Gasteiger partial charge in [0.2, 0.25) is 5.95 Å². The van der Waals surface area contributed by atoms with Gasteiger partial charge in [0.15, 0.2) is 0 Å². The molecule has 116 valence electrons. The molecule has 1 aromatic carbocycles. The lowest BCUT2D eigenvalue weighted by Gasteiger charge is -2.08. The number of amides is 1. The van der Waals surface area contributed by atoms with Crippen molar-refractivity contribution in [3.63, 3.8) is 0 Å². The molecular weight excluding hydrogens is 316 g/mol. The van der Waals surface area contributed by atoms with Gasteiger partial charge in [-0.15, -0.1) is 0 Å². The molecule has 0 unspecified atom stereocenters. The monoisotopic (exact) mass is 328 g/mol. The van der Waals surface area contributed by atoms with Crippen LogP contribution in [0.25, 0.3) is 0 Å². The normalized spacial score (nSPS) is 10.4. The molecule has 1 amide bonds. The summed E-state index contributed by atoms with van der Waals surface area (Å²) in [5.41, 5.74) is 1.32. The van der Waals surface area contributed by atoms with Crippen molar-refractivity contribution in [1.82, 2.24) is 9.55 Å². The van der Waals surface area contributed by atoms with Crippen LogP contribution in [0, 0.1) is 10.1 Å². The maximum atomic E-state index is 12.2. The minimum Gasteiger partial charge on any atom is -0.313 e. The van der Waals surface area contributed by atoms with Gasteiger partial charge in [0.1, 0.15) is 0 Å². The fraction of sp³-hybridized carbons (Fsp3) is 0.0667. The number of nitro groups is 1. The van der Waals surface area contributed by atoms with Gasteiger partial charge in [-0.2, -0.15) is 0 Å². The fourth-order valence-corrected chi connectivity index (χ4v) is 2.76. The topological polar surface area (TPSA) is 90.1 Å². The van der Waals surface area contributed by atoms with Crippen molar-refractivity contribution in [2.45, 2.75) is 6.54 Å². The predicted molar refractivity (Wildman–Crippen MR) is 86.7 cm³/mol. The molecule has 3 aromatic rings. The van der Waals surface area contributed by atoms with Gasteiger partial charge < -0.3 is 4.57 Å². The van der Waals surface area contributed by atoms with Crippen molar-refractivity contribution in [2.24, 2.45) is 0 Å². The van der Waals surface area contributed by atoms with Gasteiger partial charge in [-0.25, -0.2) is 4.98 Å². The zero-order valence-corrected chi connectivity index (χ0v) is 12.7. The second-order valence-electron chi connectivity index (χ2n) is 4.75. The maximum absolute atomic E-state index is 12.2. The van der Waals surface area contributed by atoms with Crippen LogP contribution in [0.15, 0.2) is 54.2 Å². The van der Waals surface area contributed by atoms with Crippen molar-refractivity contribution in [3.05, 3.63) is 75.4 Å². The van der Waals surface area contributed by atoms with Gasteiger partial charge in [-0.05, 0) is 5.56 Å². The molecule has 0 radical (unpaired) electrons. The van der Waals surface area contributed by atoms with Gasteiger partial charge >= 0.3 is 5.00 Å². The maximum Gasteiger partial charge on any atom is 0.324 e. The quantitative estimate of drug-likeness (QED) is 0.575. The number of nitrogens with zero attached hydrogens (tertiary/aromatic N) is 3. The lowest BCUT2D eigenvalue weighted by molar-refractivity contribution is -0.380. The lowest BCUT2D eigenvalue weighted by Crippen LogP contribution is -2.15. The summed E-state index contributed by atoms with van der Waals surface area (Å²) in [5, 5.41) is 14.7. The van der Waals surface area contributed by atoms with Crippen LogP contribution in [0.1, 0.15) is 15.9 Å². The van der Waals surface area contributed by atoms with Crippen molar-refractivity contribution in [1.29, 1.82) is 0 Å². The summed E-state index contributed by atoms with van der Waals surface area (Å²) in [6, 6.07) is 11.0. The molecule has 0 bridgehead atoms. The molecule has 0 saturated carbocycles. The van der Waals surface area contributed by atoms with Crippen molar-refractivity contribution >= 4 is 28.2 Å². The number of hydrogen-bond donors (Lipinski definition) is 1. The number of rotatable bonds is 5. The third-order valence-electron chi connectivity index (χ3n) is 3.16. The Bertz CT molecular complexity index is 841. The highest BCUT2D eigenvalue weighted by molar-refractivity contribution is 7.13. The summed E-state index contributed by atoms with van der Waals surface area (Å²) in [6.45, 7) is 0.570. The second-order valence-corrected chi connectivity index (χ2v) is 5.64. The predicted octanol–water partition coefficient (Wildman–Crippen LogP) is 3.15. The van der Waals surface area contributed by atoms with E-state index in [1.54, 1.807) is 17.0 Å². The SMILES string of the molecule is O=C(Nc1nccn1Cc1ccccc1)c1csc([N+](=O)[O-])c1. The van der Waals surface area contributed by atoms with Crippen LogP contribution >= 0.6 is 11.3 Å². The first-order valence-corrected chi connectivity index (χ1v) is 7.61. The Balaban J connectivity index is 1.74. The molecule has 23 heavy (non-hydrogen) atoms. The van der Waals surface area contributed by atoms with Gasteiger partial charge in [-0.1, -0.05) is 41.7 Å². The number of carbonyl (C=O) groups excluding carboxylic acids is 1. The molecule has 8 heteroatoms. The standard InChI is InChI=1S/C15H12N4O3S/c20-14(12-8-13(19(21)22)23-10-12)17-15-16-6-7-18(15)9-11-4-2-1-3-5-11/h1-8,10H,9H2,(H,16,17,20). The average molecular weight is 328 g/mol. The Morgan fingerprint density at radius 2 is 2.13 bits per heavy atom. The van der Waals surface area contributed by atoms with Crippen LogP contribution in [0.4, 0.5) is 10.9 Å². The molecule has 0 aliphatic heterocycles. The van der Waals surface area contributed by atoms with E-state index < -0.39 is 10.8 Å². The largest absolute Gasteiger partial charge is 0.324 e. The van der Waals surface area contributed by atoms with Crippen LogP contribution in [0.5, 0.6) is 0 Å². The molecule has 1 N–H and O–H groups in total. The molecule has 2 heterocycles. The summed E-state index contributed by atoms with van der Waals surface area (Å²) >= 11 is 0.918. The molecule has 2 aromatic heterocycles. The highest BCUT2D eigenvalue weighted by Crippen LogP contribution is 2.23. The van der Waals surface area contributed by atoms with Gasteiger partial charge in [0.25, 0.3) is 5.91 Å². The molecule has 0 aliphatic rings. The first-order valence-electron chi connectivity index (χ1n) is 6.73. The van der Waals surface area contributed by atoms with Crippen LogP contribution in [-0.2, 0) is 6.54 Å². The summed E-state index contributed by atoms with van der Waals surface area (Å²) in [5.74, 6) is -0.0254.